The second-order valence-corrected chi connectivity index (χ2v) is 8.97. The number of rotatable bonds is 3. The number of thiazole rings is 1. The van der Waals surface area contributed by atoms with E-state index in [4.69, 9.17) is 11.6 Å². The summed E-state index contributed by atoms with van der Waals surface area (Å²) in [4.78, 5) is 17.4. The maximum absolute atomic E-state index is 12.6. The van der Waals surface area contributed by atoms with Gasteiger partial charge in [0.15, 0.2) is 8.68 Å². The molecule has 2 heterocycles. The van der Waals surface area contributed by atoms with Crippen molar-refractivity contribution in [3.8, 4) is 0 Å². The molecule has 1 aromatic rings. The van der Waals surface area contributed by atoms with E-state index in [1.54, 1.807) is 25.9 Å². The van der Waals surface area contributed by atoms with Gasteiger partial charge in [-0.05, 0) is 19.8 Å². The van der Waals surface area contributed by atoms with Crippen molar-refractivity contribution in [3.63, 3.8) is 0 Å². The van der Waals surface area contributed by atoms with Crippen molar-refractivity contribution in [2.24, 2.45) is 5.92 Å². The van der Waals surface area contributed by atoms with Gasteiger partial charge in [-0.1, -0.05) is 22.9 Å². The molecule has 1 aliphatic rings. The van der Waals surface area contributed by atoms with Crippen LogP contribution in [0, 0.1) is 12.8 Å². The van der Waals surface area contributed by atoms with Crippen molar-refractivity contribution < 1.29 is 13.2 Å². The Balaban J connectivity index is 2.11. The van der Waals surface area contributed by atoms with Crippen molar-refractivity contribution in [3.05, 3.63) is 10.2 Å². The molecule has 1 saturated heterocycles. The monoisotopic (exact) mass is 351 g/mol. The molecule has 0 radical (unpaired) electrons. The zero-order valence-corrected chi connectivity index (χ0v) is 14.6. The van der Waals surface area contributed by atoms with E-state index < -0.39 is 10.0 Å². The van der Waals surface area contributed by atoms with E-state index >= 15 is 0 Å². The maximum Gasteiger partial charge on any atom is 0.254 e. The van der Waals surface area contributed by atoms with Crippen LogP contribution in [0.25, 0.3) is 0 Å². The maximum atomic E-state index is 12.6. The topological polar surface area (TPSA) is 70.6 Å². The number of carbonyl (C=O) groups excluding carboxylic acids is 1. The number of sulfonamides is 1. The van der Waals surface area contributed by atoms with Gasteiger partial charge >= 0.3 is 0 Å². The van der Waals surface area contributed by atoms with Crippen molar-refractivity contribution >= 4 is 38.9 Å². The smallest absolute Gasteiger partial charge is 0.254 e. The summed E-state index contributed by atoms with van der Waals surface area (Å²) in [6.07, 6.45) is 1.09. The molecule has 6 nitrogen and oxygen atoms in total. The molecular weight excluding hydrogens is 334 g/mol. The van der Waals surface area contributed by atoms with Gasteiger partial charge in [-0.3, -0.25) is 4.79 Å². The minimum Gasteiger partial charge on any atom is -0.349 e. The van der Waals surface area contributed by atoms with Crippen molar-refractivity contribution in [1.29, 1.82) is 0 Å². The fraction of sp³-hybridized carbons (Fsp3) is 0.667. The highest BCUT2D eigenvalue weighted by Gasteiger charge is 2.34. The zero-order chi connectivity index (χ0) is 15.8. The van der Waals surface area contributed by atoms with Crippen molar-refractivity contribution in [1.82, 2.24) is 14.2 Å². The van der Waals surface area contributed by atoms with Gasteiger partial charge in [0.05, 0.1) is 5.69 Å². The summed E-state index contributed by atoms with van der Waals surface area (Å²) in [5.41, 5.74) is 0.427. The van der Waals surface area contributed by atoms with Crippen LogP contribution in [0.5, 0.6) is 0 Å². The van der Waals surface area contributed by atoms with Crippen molar-refractivity contribution in [2.75, 3.05) is 27.2 Å². The molecule has 1 aromatic heterocycles. The highest BCUT2D eigenvalue weighted by Crippen LogP contribution is 2.31. The number of carbonyl (C=O) groups is 1. The van der Waals surface area contributed by atoms with E-state index in [0.717, 1.165) is 11.3 Å². The Morgan fingerprint density at radius 1 is 1.38 bits per heavy atom. The van der Waals surface area contributed by atoms with Crippen LogP contribution in [-0.4, -0.2) is 55.7 Å². The first kappa shape index (κ1) is 16.7. The number of piperidine rings is 1. The molecular formula is C12H18ClN3O3S2. The highest BCUT2D eigenvalue weighted by atomic mass is 35.5. The Bertz CT molecular complexity index is 634. The molecule has 0 saturated carbocycles. The Morgan fingerprint density at radius 3 is 2.38 bits per heavy atom. The lowest BCUT2D eigenvalue weighted by molar-refractivity contribution is -0.134. The van der Waals surface area contributed by atoms with Crippen LogP contribution < -0.4 is 0 Å². The molecule has 0 bridgehead atoms. The fourth-order valence-electron chi connectivity index (χ4n) is 2.42. The summed E-state index contributed by atoms with van der Waals surface area (Å²) < 4.78 is 27.0. The molecule has 0 spiro atoms. The Morgan fingerprint density at radius 2 is 1.95 bits per heavy atom. The molecule has 0 aliphatic carbocycles. The van der Waals surface area contributed by atoms with E-state index in [-0.39, 0.29) is 20.5 Å². The normalized spacial score (nSPS) is 17.9. The summed E-state index contributed by atoms with van der Waals surface area (Å²) in [5.74, 6) is -0.0401. The van der Waals surface area contributed by atoms with Crippen LogP contribution in [0.3, 0.4) is 0 Å². The average molecular weight is 352 g/mol. The zero-order valence-electron chi connectivity index (χ0n) is 12.2. The lowest BCUT2D eigenvalue weighted by Gasteiger charge is -2.31. The third-order valence-corrected chi connectivity index (χ3v) is 7.29. The van der Waals surface area contributed by atoms with E-state index in [0.29, 0.717) is 31.6 Å². The summed E-state index contributed by atoms with van der Waals surface area (Å²) in [7, 11) is -0.128. The third kappa shape index (κ3) is 3.39. The predicted octanol–water partition coefficient (Wildman–Crippen LogP) is 1.59. The van der Waals surface area contributed by atoms with Gasteiger partial charge in [-0.25, -0.2) is 13.4 Å². The first-order chi connectivity index (χ1) is 9.73. The van der Waals surface area contributed by atoms with E-state index in [1.807, 2.05) is 0 Å². The van der Waals surface area contributed by atoms with Gasteiger partial charge in [-0.15, -0.1) is 0 Å². The van der Waals surface area contributed by atoms with E-state index in [9.17, 15) is 13.2 Å². The van der Waals surface area contributed by atoms with Crippen LogP contribution in [0.15, 0.2) is 4.21 Å². The Labute approximate surface area is 133 Å². The largest absolute Gasteiger partial charge is 0.349 e. The van der Waals surface area contributed by atoms with Crippen LogP contribution in [0.1, 0.15) is 18.5 Å². The third-order valence-electron chi connectivity index (χ3n) is 3.55. The van der Waals surface area contributed by atoms with Gasteiger partial charge in [-0.2, -0.15) is 4.31 Å². The highest BCUT2D eigenvalue weighted by molar-refractivity contribution is 7.91. The number of aromatic nitrogens is 1. The summed E-state index contributed by atoms with van der Waals surface area (Å²) >= 11 is 6.76. The Hall–Kier alpha value is -0.700. The number of hydrogen-bond donors (Lipinski definition) is 0. The van der Waals surface area contributed by atoms with E-state index in [1.165, 1.54) is 4.31 Å². The van der Waals surface area contributed by atoms with Crippen LogP contribution >= 0.6 is 22.9 Å². The molecule has 118 valence electrons. The standard InChI is InChI=1S/C12H18ClN3O3S2/c1-8-11(20-12(13)14-8)21(18,19)16-6-4-9(5-7-16)10(17)15(2)3/h9H,4-7H2,1-3H3. The molecule has 1 aliphatic heterocycles. The van der Waals surface area contributed by atoms with Crippen LogP contribution in [0.4, 0.5) is 0 Å². The molecule has 0 unspecified atom stereocenters. The molecule has 1 fully saturated rings. The first-order valence-corrected chi connectivity index (χ1v) is 9.21. The number of nitrogens with zero attached hydrogens (tertiary/aromatic N) is 3. The predicted molar refractivity (Wildman–Crippen MR) is 82.0 cm³/mol. The lowest BCUT2D eigenvalue weighted by atomic mass is 9.97. The second-order valence-electron chi connectivity index (χ2n) is 5.25. The Kier molecular flexibility index (Phi) is 4.92. The van der Waals surface area contributed by atoms with Gasteiger partial charge < -0.3 is 4.90 Å². The quantitative estimate of drug-likeness (QED) is 0.829. The average Bonchev–Trinajstić information content (AvgIpc) is 2.77. The summed E-state index contributed by atoms with van der Waals surface area (Å²) in [5, 5.41) is 0. The minimum absolute atomic E-state index is 0.0593. The SMILES string of the molecule is Cc1nc(Cl)sc1S(=O)(=O)N1CCC(C(=O)N(C)C)CC1. The molecule has 0 atom stereocenters. The molecule has 9 heteroatoms. The van der Waals surface area contributed by atoms with Crippen LogP contribution in [-0.2, 0) is 14.8 Å². The number of hydrogen-bond acceptors (Lipinski definition) is 5. The molecule has 1 amide bonds. The van der Waals surface area contributed by atoms with Gasteiger partial charge in [0.25, 0.3) is 10.0 Å². The second kappa shape index (κ2) is 6.20. The van der Waals surface area contributed by atoms with Crippen molar-refractivity contribution in [2.45, 2.75) is 24.0 Å². The molecule has 2 rings (SSSR count). The van der Waals surface area contributed by atoms with E-state index in [2.05, 4.69) is 4.98 Å². The van der Waals surface area contributed by atoms with Crippen LogP contribution in [0.2, 0.25) is 4.47 Å². The summed E-state index contributed by atoms with van der Waals surface area (Å²) in [6, 6.07) is 0. The number of halogens is 1. The minimum atomic E-state index is -3.56. The molecule has 0 aromatic carbocycles. The number of amides is 1. The molecule has 21 heavy (non-hydrogen) atoms. The first-order valence-electron chi connectivity index (χ1n) is 6.57. The number of aryl methyl sites for hydroxylation is 1. The summed E-state index contributed by atoms with van der Waals surface area (Å²) in [6.45, 7) is 2.33. The lowest BCUT2D eigenvalue weighted by Crippen LogP contribution is -2.42. The fourth-order valence-corrected chi connectivity index (χ4v) is 5.76. The molecule has 0 N–H and O–H groups in total. The van der Waals surface area contributed by atoms with Gasteiger partial charge in [0.2, 0.25) is 5.91 Å². The van der Waals surface area contributed by atoms with Gasteiger partial charge in [0, 0.05) is 33.1 Å². The van der Waals surface area contributed by atoms with Gasteiger partial charge in [0.1, 0.15) is 0 Å².